The molecule has 0 aromatic heterocycles. The molecule has 1 aliphatic heterocycles. The van der Waals surface area contributed by atoms with Gasteiger partial charge < -0.3 is 15.0 Å². The summed E-state index contributed by atoms with van der Waals surface area (Å²) in [6.07, 6.45) is 5.61. The van der Waals surface area contributed by atoms with Gasteiger partial charge in [0.15, 0.2) is 6.10 Å². The fourth-order valence-electron chi connectivity index (χ4n) is 4.70. The summed E-state index contributed by atoms with van der Waals surface area (Å²) in [4.78, 5) is 17.9. The van der Waals surface area contributed by atoms with Gasteiger partial charge in [0.1, 0.15) is 5.75 Å². The third kappa shape index (κ3) is 5.65. The van der Waals surface area contributed by atoms with Crippen LogP contribution in [-0.4, -0.2) is 66.6 Å². The Morgan fingerprint density at radius 2 is 1.90 bits per heavy atom. The van der Waals surface area contributed by atoms with E-state index in [1.807, 2.05) is 32.0 Å². The molecule has 1 aromatic rings. The number of nitrogens with zero attached hydrogens (tertiary/aromatic N) is 2. The minimum absolute atomic E-state index is 0.0465. The maximum absolute atomic E-state index is 12.8. The van der Waals surface area contributed by atoms with Crippen molar-refractivity contribution in [2.24, 2.45) is 0 Å². The minimum Gasteiger partial charge on any atom is -0.481 e. The molecular weight excluding hydrogens is 386 g/mol. The molecule has 6 heteroatoms. The van der Waals surface area contributed by atoms with E-state index in [4.69, 9.17) is 16.3 Å². The summed E-state index contributed by atoms with van der Waals surface area (Å²) in [5.74, 6) is 0.632. The van der Waals surface area contributed by atoms with Crippen LogP contribution in [0.1, 0.15) is 51.5 Å². The summed E-state index contributed by atoms with van der Waals surface area (Å²) < 4.78 is 5.87. The first-order valence-corrected chi connectivity index (χ1v) is 11.5. The highest BCUT2D eigenvalue weighted by molar-refractivity contribution is 6.31. The van der Waals surface area contributed by atoms with Gasteiger partial charge in [0.05, 0.1) is 0 Å². The molecule has 0 radical (unpaired) electrons. The number of hydrogen-bond acceptors (Lipinski definition) is 4. The van der Waals surface area contributed by atoms with Gasteiger partial charge in [-0.3, -0.25) is 9.69 Å². The van der Waals surface area contributed by atoms with Crippen molar-refractivity contribution in [2.45, 2.75) is 64.5 Å². The Labute approximate surface area is 180 Å². The lowest BCUT2D eigenvalue weighted by molar-refractivity contribution is -0.128. The second kappa shape index (κ2) is 10.1. The maximum atomic E-state index is 12.8. The molecule has 0 unspecified atom stereocenters. The molecular formula is C23H36ClN3O2. The summed E-state index contributed by atoms with van der Waals surface area (Å²) in [5, 5.41) is 3.92. The van der Waals surface area contributed by atoms with Gasteiger partial charge in [-0.05, 0) is 57.0 Å². The molecule has 3 rings (SSSR count). The van der Waals surface area contributed by atoms with Crippen molar-refractivity contribution in [1.29, 1.82) is 0 Å². The van der Waals surface area contributed by atoms with Gasteiger partial charge in [-0.15, -0.1) is 0 Å². The quantitative estimate of drug-likeness (QED) is 0.725. The second-order valence-corrected chi connectivity index (χ2v) is 9.00. The number of carbonyl (C=O) groups excluding carboxylic acids is 1. The normalized spacial score (nSPS) is 21.5. The van der Waals surface area contributed by atoms with Gasteiger partial charge in [-0.2, -0.15) is 0 Å². The van der Waals surface area contributed by atoms with E-state index >= 15 is 0 Å². The molecule has 1 heterocycles. The standard InChI is InChI=1S/C23H36ClN3O2/c1-4-26-12-14-27(15-13-26)23(10-6-5-7-11-23)17-25-22(28)19(3)29-20-8-9-21(24)18(2)16-20/h8-9,16,19H,4-7,10-15,17H2,1-3H3,(H,25,28)/t19-/m0/s1. The van der Waals surface area contributed by atoms with Crippen LogP contribution in [0.5, 0.6) is 5.75 Å². The molecule has 1 atom stereocenters. The Bertz CT molecular complexity index is 683. The van der Waals surface area contributed by atoms with E-state index in [9.17, 15) is 4.79 Å². The van der Waals surface area contributed by atoms with Gasteiger partial charge in [0, 0.05) is 43.3 Å². The average molecular weight is 422 g/mol. The van der Waals surface area contributed by atoms with Crippen LogP contribution in [0, 0.1) is 6.92 Å². The van der Waals surface area contributed by atoms with Crippen molar-refractivity contribution in [3.05, 3.63) is 28.8 Å². The molecule has 2 fully saturated rings. The number of benzene rings is 1. The average Bonchev–Trinajstić information content (AvgIpc) is 2.75. The first kappa shape index (κ1) is 22.4. The first-order chi connectivity index (χ1) is 13.9. The lowest BCUT2D eigenvalue weighted by atomic mass is 9.79. The molecule has 1 amide bonds. The van der Waals surface area contributed by atoms with Crippen molar-refractivity contribution in [2.75, 3.05) is 39.3 Å². The lowest BCUT2D eigenvalue weighted by Gasteiger charge is -2.50. The number of carbonyl (C=O) groups is 1. The highest BCUT2D eigenvalue weighted by Gasteiger charge is 2.39. The SMILES string of the molecule is CCN1CCN(C2(CNC(=O)[C@H](C)Oc3ccc(Cl)c(C)c3)CCCCC2)CC1. The topological polar surface area (TPSA) is 44.8 Å². The Balaban J connectivity index is 1.58. The van der Waals surface area contributed by atoms with Crippen molar-refractivity contribution in [3.8, 4) is 5.75 Å². The maximum Gasteiger partial charge on any atom is 0.260 e. The van der Waals surface area contributed by atoms with E-state index in [1.54, 1.807) is 0 Å². The smallest absolute Gasteiger partial charge is 0.260 e. The highest BCUT2D eigenvalue weighted by Crippen LogP contribution is 2.34. The fourth-order valence-corrected chi connectivity index (χ4v) is 4.81. The third-order valence-corrected chi connectivity index (χ3v) is 7.10. The Morgan fingerprint density at radius 3 is 2.52 bits per heavy atom. The molecule has 1 N–H and O–H groups in total. The predicted molar refractivity (Wildman–Crippen MR) is 119 cm³/mol. The number of likely N-dealkylation sites (N-methyl/N-ethyl adjacent to an activating group) is 1. The van der Waals surface area contributed by atoms with Gasteiger partial charge in [-0.25, -0.2) is 0 Å². The van der Waals surface area contributed by atoms with E-state index in [0.717, 1.165) is 38.3 Å². The van der Waals surface area contributed by atoms with Crippen LogP contribution in [0.4, 0.5) is 0 Å². The monoisotopic (exact) mass is 421 g/mol. The van der Waals surface area contributed by atoms with Gasteiger partial charge in [-0.1, -0.05) is 37.8 Å². The molecule has 1 aromatic carbocycles. The molecule has 0 bridgehead atoms. The molecule has 1 aliphatic carbocycles. The number of halogens is 1. The summed E-state index contributed by atoms with van der Waals surface area (Å²) in [5.41, 5.74) is 1.05. The van der Waals surface area contributed by atoms with Crippen LogP contribution in [0.25, 0.3) is 0 Å². The van der Waals surface area contributed by atoms with Crippen LogP contribution < -0.4 is 10.1 Å². The van der Waals surface area contributed by atoms with Crippen LogP contribution in [0.15, 0.2) is 18.2 Å². The first-order valence-electron chi connectivity index (χ1n) is 11.1. The van der Waals surface area contributed by atoms with Crippen molar-refractivity contribution < 1.29 is 9.53 Å². The number of rotatable bonds is 7. The van der Waals surface area contributed by atoms with Crippen LogP contribution >= 0.6 is 11.6 Å². The van der Waals surface area contributed by atoms with Gasteiger partial charge in [0.2, 0.25) is 0 Å². The third-order valence-electron chi connectivity index (χ3n) is 6.68. The molecule has 1 saturated carbocycles. The van der Waals surface area contributed by atoms with Crippen LogP contribution in [0.2, 0.25) is 5.02 Å². The molecule has 29 heavy (non-hydrogen) atoms. The van der Waals surface area contributed by atoms with E-state index in [2.05, 4.69) is 22.0 Å². The number of amides is 1. The van der Waals surface area contributed by atoms with Crippen molar-refractivity contribution in [1.82, 2.24) is 15.1 Å². The number of piperazine rings is 1. The number of aryl methyl sites for hydroxylation is 1. The van der Waals surface area contributed by atoms with E-state index in [0.29, 0.717) is 17.3 Å². The molecule has 5 nitrogen and oxygen atoms in total. The fraction of sp³-hybridized carbons (Fsp3) is 0.696. The van der Waals surface area contributed by atoms with Gasteiger partial charge in [0.25, 0.3) is 5.91 Å². The molecule has 2 aliphatic rings. The molecule has 1 saturated heterocycles. The zero-order chi connectivity index (χ0) is 20.9. The molecule has 162 valence electrons. The second-order valence-electron chi connectivity index (χ2n) is 8.60. The summed E-state index contributed by atoms with van der Waals surface area (Å²) >= 11 is 6.08. The number of ether oxygens (including phenoxy) is 1. The largest absolute Gasteiger partial charge is 0.481 e. The summed E-state index contributed by atoms with van der Waals surface area (Å²) in [6, 6.07) is 5.50. The summed E-state index contributed by atoms with van der Waals surface area (Å²) in [6.45, 7) is 12.3. The van der Waals surface area contributed by atoms with Crippen LogP contribution in [0.3, 0.4) is 0 Å². The predicted octanol–water partition coefficient (Wildman–Crippen LogP) is 3.87. The Kier molecular flexibility index (Phi) is 7.83. The number of hydrogen-bond donors (Lipinski definition) is 1. The zero-order valence-electron chi connectivity index (χ0n) is 18.2. The van der Waals surface area contributed by atoms with E-state index in [-0.39, 0.29) is 11.4 Å². The van der Waals surface area contributed by atoms with Crippen molar-refractivity contribution >= 4 is 17.5 Å². The van der Waals surface area contributed by atoms with E-state index in [1.165, 1.54) is 32.1 Å². The Morgan fingerprint density at radius 1 is 1.21 bits per heavy atom. The van der Waals surface area contributed by atoms with E-state index < -0.39 is 6.10 Å². The lowest BCUT2D eigenvalue weighted by Crippen LogP contribution is -2.62. The van der Waals surface area contributed by atoms with Crippen molar-refractivity contribution in [3.63, 3.8) is 0 Å². The molecule has 0 spiro atoms. The number of nitrogens with one attached hydrogen (secondary N) is 1. The highest BCUT2D eigenvalue weighted by atomic mass is 35.5. The zero-order valence-corrected chi connectivity index (χ0v) is 18.9. The van der Waals surface area contributed by atoms with Crippen LogP contribution in [-0.2, 0) is 4.79 Å². The van der Waals surface area contributed by atoms with Gasteiger partial charge >= 0.3 is 0 Å². The summed E-state index contributed by atoms with van der Waals surface area (Å²) in [7, 11) is 0. The Hall–Kier alpha value is -1.30. The minimum atomic E-state index is -0.534.